The molecule has 0 bridgehead atoms. The third-order valence-electron chi connectivity index (χ3n) is 4.32. The quantitative estimate of drug-likeness (QED) is 0.267. The first kappa shape index (κ1) is 26.7. The molecule has 2 unspecified atom stereocenters. The van der Waals surface area contributed by atoms with Crippen molar-refractivity contribution in [3.8, 4) is 0 Å². The van der Waals surface area contributed by atoms with E-state index in [9.17, 15) is 18.1 Å². The average molecular weight is 375 g/mol. The third kappa shape index (κ3) is 16.7. The molecule has 4 nitrogen and oxygen atoms in total. The smallest absolute Gasteiger partial charge is 0.748 e. The van der Waals surface area contributed by atoms with Crippen LogP contribution in [0, 0.1) is 0 Å². The topological polar surface area (TPSA) is 77.4 Å². The maximum Gasteiger partial charge on any atom is 1.00 e. The van der Waals surface area contributed by atoms with Gasteiger partial charge < -0.3 is 9.66 Å². The van der Waals surface area contributed by atoms with Crippen molar-refractivity contribution in [3.05, 3.63) is 0 Å². The van der Waals surface area contributed by atoms with Crippen molar-refractivity contribution in [1.29, 1.82) is 0 Å². The summed E-state index contributed by atoms with van der Waals surface area (Å²) in [4.78, 5) is 0. The molecule has 0 saturated carbocycles. The van der Waals surface area contributed by atoms with E-state index < -0.39 is 15.4 Å². The van der Waals surface area contributed by atoms with Crippen LogP contribution >= 0.6 is 0 Å². The van der Waals surface area contributed by atoms with E-state index in [4.69, 9.17) is 0 Å². The Balaban J connectivity index is 0. The van der Waals surface area contributed by atoms with Crippen molar-refractivity contribution in [2.75, 3.05) is 0 Å². The van der Waals surface area contributed by atoms with E-state index in [1.54, 1.807) is 0 Å². The summed E-state index contributed by atoms with van der Waals surface area (Å²) in [7, 11) is -4.14. The summed E-state index contributed by atoms with van der Waals surface area (Å²) in [5, 5.41) is 8.76. The Bertz CT molecular complexity index is 347. The number of hydrogen-bond donors (Lipinski definition) is 1. The molecule has 0 aromatic carbocycles. The van der Waals surface area contributed by atoms with Crippen LogP contribution in [0.4, 0.5) is 0 Å². The largest absolute Gasteiger partial charge is 1.00 e. The zero-order valence-electron chi connectivity index (χ0n) is 15.4. The van der Waals surface area contributed by atoms with Crippen molar-refractivity contribution >= 4 is 10.1 Å². The first-order valence-corrected chi connectivity index (χ1v) is 10.5. The SMILES string of the molecule is CCCCCC(CCCCCCCCC(O)CC)S(=O)(=O)[O-].[K+]. The molecule has 0 rings (SSSR count). The second kappa shape index (κ2) is 16.9. The summed E-state index contributed by atoms with van der Waals surface area (Å²) in [6.07, 6.45) is 11.7. The van der Waals surface area contributed by atoms with Gasteiger partial charge in [0.2, 0.25) is 0 Å². The Kier molecular flexibility index (Phi) is 19.7. The molecule has 134 valence electrons. The van der Waals surface area contributed by atoms with Crippen LogP contribution in [-0.2, 0) is 10.1 Å². The van der Waals surface area contributed by atoms with Crippen LogP contribution < -0.4 is 51.4 Å². The molecule has 0 radical (unpaired) electrons. The summed E-state index contributed by atoms with van der Waals surface area (Å²) >= 11 is 0. The van der Waals surface area contributed by atoms with Crippen LogP contribution in [0.25, 0.3) is 0 Å². The van der Waals surface area contributed by atoms with Crippen LogP contribution in [0.1, 0.15) is 97.3 Å². The summed E-state index contributed by atoms with van der Waals surface area (Å²) in [5.74, 6) is 0. The van der Waals surface area contributed by atoms with Gasteiger partial charge in [0.15, 0.2) is 0 Å². The van der Waals surface area contributed by atoms with Gasteiger partial charge in [-0.15, -0.1) is 0 Å². The van der Waals surface area contributed by atoms with Crippen LogP contribution in [-0.4, -0.2) is 29.4 Å². The Morgan fingerprint density at radius 2 is 1.26 bits per heavy atom. The average Bonchev–Trinajstić information content (AvgIpc) is 2.46. The van der Waals surface area contributed by atoms with E-state index >= 15 is 0 Å². The molecule has 0 fully saturated rings. The van der Waals surface area contributed by atoms with Gasteiger partial charge in [-0.25, -0.2) is 8.42 Å². The number of aliphatic hydroxyl groups excluding tert-OH is 1. The molecule has 2 atom stereocenters. The van der Waals surface area contributed by atoms with Gasteiger partial charge in [0.25, 0.3) is 0 Å². The molecule has 0 aromatic heterocycles. The van der Waals surface area contributed by atoms with Crippen LogP contribution in [0.15, 0.2) is 0 Å². The number of hydrogen-bond acceptors (Lipinski definition) is 4. The van der Waals surface area contributed by atoms with Crippen LogP contribution in [0.5, 0.6) is 0 Å². The summed E-state index contributed by atoms with van der Waals surface area (Å²) in [5.41, 5.74) is 0. The monoisotopic (exact) mass is 374 g/mol. The van der Waals surface area contributed by atoms with E-state index in [0.717, 1.165) is 70.6 Å². The first-order valence-electron chi connectivity index (χ1n) is 9.04. The molecule has 23 heavy (non-hydrogen) atoms. The molecular formula is C17H35KO4S. The second-order valence-electron chi connectivity index (χ2n) is 6.37. The van der Waals surface area contributed by atoms with E-state index in [2.05, 4.69) is 6.92 Å². The Labute approximate surface area is 186 Å². The second-order valence-corrected chi connectivity index (χ2v) is 8.02. The van der Waals surface area contributed by atoms with Gasteiger partial charge in [0.05, 0.1) is 16.2 Å². The minimum atomic E-state index is -4.14. The Morgan fingerprint density at radius 3 is 1.70 bits per heavy atom. The molecule has 0 amide bonds. The molecule has 1 N–H and O–H groups in total. The van der Waals surface area contributed by atoms with Crippen LogP contribution in [0.2, 0.25) is 0 Å². The van der Waals surface area contributed by atoms with Crippen molar-refractivity contribution in [2.45, 2.75) is 109 Å². The van der Waals surface area contributed by atoms with Gasteiger partial charge in [-0.05, 0) is 25.7 Å². The molecule has 0 aliphatic carbocycles. The van der Waals surface area contributed by atoms with Gasteiger partial charge in [0, 0.05) is 5.25 Å². The normalized spacial score (nSPS) is 14.3. The summed E-state index contributed by atoms with van der Waals surface area (Å²) < 4.78 is 33.7. The molecule has 0 saturated heterocycles. The third-order valence-corrected chi connectivity index (χ3v) is 5.61. The fourth-order valence-corrected chi connectivity index (χ4v) is 3.63. The summed E-state index contributed by atoms with van der Waals surface area (Å²) in [6.45, 7) is 4.06. The van der Waals surface area contributed by atoms with E-state index in [1.165, 1.54) is 0 Å². The first-order chi connectivity index (χ1) is 10.4. The Morgan fingerprint density at radius 1 is 0.826 bits per heavy atom. The van der Waals surface area contributed by atoms with E-state index in [-0.39, 0.29) is 57.5 Å². The predicted octanol–water partition coefficient (Wildman–Crippen LogP) is 1.38. The number of unbranched alkanes of at least 4 members (excludes halogenated alkanes) is 7. The fraction of sp³-hybridized carbons (Fsp3) is 1.00. The van der Waals surface area contributed by atoms with Gasteiger partial charge in [-0.1, -0.05) is 71.6 Å². The van der Waals surface area contributed by atoms with Crippen LogP contribution in [0.3, 0.4) is 0 Å². The molecular weight excluding hydrogens is 339 g/mol. The molecule has 0 heterocycles. The van der Waals surface area contributed by atoms with Crippen molar-refractivity contribution in [3.63, 3.8) is 0 Å². The molecule has 0 spiro atoms. The standard InChI is InChI=1S/C17H36O4S.K/c1-3-5-10-14-17(22(19,20)21)15-12-9-7-6-8-11-13-16(18)4-2;/h16-18H,3-15H2,1-2H3,(H,19,20,21);/q;+1/p-1. The van der Waals surface area contributed by atoms with Gasteiger partial charge in [0.1, 0.15) is 0 Å². The zero-order valence-corrected chi connectivity index (χ0v) is 19.4. The van der Waals surface area contributed by atoms with E-state index in [0.29, 0.717) is 12.8 Å². The minimum absolute atomic E-state index is 0. The molecule has 6 heteroatoms. The maximum absolute atomic E-state index is 11.2. The Hall–Kier alpha value is 1.51. The van der Waals surface area contributed by atoms with Crippen molar-refractivity contribution in [2.24, 2.45) is 0 Å². The van der Waals surface area contributed by atoms with Gasteiger partial charge in [-0.3, -0.25) is 0 Å². The van der Waals surface area contributed by atoms with Gasteiger partial charge >= 0.3 is 51.4 Å². The predicted molar refractivity (Wildman–Crippen MR) is 90.9 cm³/mol. The van der Waals surface area contributed by atoms with Crippen molar-refractivity contribution in [1.82, 2.24) is 0 Å². The number of aliphatic hydroxyl groups is 1. The molecule has 0 aliphatic rings. The van der Waals surface area contributed by atoms with Crippen molar-refractivity contribution < 1.29 is 69.5 Å². The fourth-order valence-electron chi connectivity index (χ4n) is 2.72. The number of rotatable bonds is 15. The van der Waals surface area contributed by atoms with Gasteiger partial charge in [-0.2, -0.15) is 0 Å². The maximum atomic E-state index is 11.2. The molecule has 0 aliphatic heterocycles. The molecule has 0 aromatic rings. The minimum Gasteiger partial charge on any atom is -0.748 e. The zero-order chi connectivity index (χ0) is 16.8. The summed E-state index contributed by atoms with van der Waals surface area (Å²) in [6, 6.07) is 0. The van der Waals surface area contributed by atoms with E-state index in [1.807, 2.05) is 6.92 Å².